The largest absolute Gasteiger partial charge is 0.396 e. The van der Waals surface area contributed by atoms with Crippen LogP contribution in [0.1, 0.15) is 18.1 Å². The summed E-state index contributed by atoms with van der Waals surface area (Å²) in [7, 11) is 0. The van der Waals surface area contributed by atoms with Gasteiger partial charge in [-0.1, -0.05) is 48.9 Å². The summed E-state index contributed by atoms with van der Waals surface area (Å²) in [5.41, 5.74) is 2.46. The average Bonchev–Trinajstić information content (AvgIpc) is 2.14. The van der Waals surface area contributed by atoms with Gasteiger partial charge in [0.2, 0.25) is 0 Å². The van der Waals surface area contributed by atoms with E-state index in [1.807, 2.05) is 25.1 Å². The summed E-state index contributed by atoms with van der Waals surface area (Å²) in [5, 5.41) is 8.82. The average molecular weight is 176 g/mol. The zero-order valence-electron chi connectivity index (χ0n) is 8.20. The smallest absolute Gasteiger partial charge is 0.0491 e. The third-order valence-corrected chi connectivity index (χ3v) is 1.95. The molecule has 0 amide bonds. The predicted octanol–water partition coefficient (Wildman–Crippen LogP) is 2.64. The Bertz CT molecular complexity index is 289. The van der Waals surface area contributed by atoms with Crippen molar-refractivity contribution in [1.29, 1.82) is 0 Å². The molecule has 0 saturated carbocycles. The fourth-order valence-corrected chi connectivity index (χ4v) is 1.11. The summed E-state index contributed by atoms with van der Waals surface area (Å²) < 4.78 is 0. The van der Waals surface area contributed by atoms with Crippen LogP contribution in [0.25, 0.3) is 6.08 Å². The monoisotopic (exact) mass is 176 g/mol. The lowest BCUT2D eigenvalue weighted by atomic mass is 10.1. The van der Waals surface area contributed by atoms with Crippen LogP contribution in [0.5, 0.6) is 0 Å². The van der Waals surface area contributed by atoms with Crippen LogP contribution in [0.3, 0.4) is 0 Å². The van der Waals surface area contributed by atoms with Crippen molar-refractivity contribution in [2.24, 2.45) is 5.92 Å². The van der Waals surface area contributed by atoms with Gasteiger partial charge in [0, 0.05) is 6.61 Å². The van der Waals surface area contributed by atoms with Crippen molar-refractivity contribution in [2.75, 3.05) is 6.61 Å². The fraction of sp³-hybridized carbons (Fsp3) is 0.333. The highest BCUT2D eigenvalue weighted by molar-refractivity contribution is 5.50. The third kappa shape index (κ3) is 3.43. The summed E-state index contributed by atoms with van der Waals surface area (Å²) in [6, 6.07) is 8.31. The molecule has 0 aliphatic rings. The maximum absolute atomic E-state index is 8.82. The van der Waals surface area contributed by atoms with Crippen LogP contribution in [-0.2, 0) is 0 Å². The molecule has 1 atom stereocenters. The van der Waals surface area contributed by atoms with Gasteiger partial charge in [-0.25, -0.2) is 0 Å². The zero-order chi connectivity index (χ0) is 9.68. The predicted molar refractivity (Wildman–Crippen MR) is 56.5 cm³/mol. The minimum Gasteiger partial charge on any atom is -0.396 e. The molecule has 0 spiro atoms. The summed E-state index contributed by atoms with van der Waals surface area (Å²) in [4.78, 5) is 0. The maximum Gasteiger partial charge on any atom is 0.0491 e. The van der Waals surface area contributed by atoms with Gasteiger partial charge in [-0.3, -0.25) is 0 Å². The Balaban J connectivity index is 2.68. The number of rotatable bonds is 3. The SMILES string of the molecule is Cc1cccc(/C=C/[C@@H](C)CO)c1. The first kappa shape index (κ1) is 10.0. The van der Waals surface area contributed by atoms with E-state index in [2.05, 4.69) is 25.1 Å². The second kappa shape index (κ2) is 4.83. The van der Waals surface area contributed by atoms with E-state index < -0.39 is 0 Å². The molecule has 13 heavy (non-hydrogen) atoms. The van der Waals surface area contributed by atoms with Crippen LogP contribution in [0.15, 0.2) is 30.3 Å². The standard InChI is InChI=1S/C12H16O/c1-10-4-3-5-12(8-10)7-6-11(2)9-13/h3-8,11,13H,9H2,1-2H3/b7-6+/t11-/m1/s1. The van der Waals surface area contributed by atoms with Gasteiger partial charge in [0.05, 0.1) is 0 Å². The van der Waals surface area contributed by atoms with Gasteiger partial charge < -0.3 is 5.11 Å². The van der Waals surface area contributed by atoms with E-state index in [-0.39, 0.29) is 12.5 Å². The van der Waals surface area contributed by atoms with E-state index in [1.54, 1.807) is 0 Å². The van der Waals surface area contributed by atoms with Crippen molar-refractivity contribution in [1.82, 2.24) is 0 Å². The van der Waals surface area contributed by atoms with E-state index in [0.717, 1.165) is 0 Å². The number of aryl methyl sites for hydroxylation is 1. The lowest BCUT2D eigenvalue weighted by molar-refractivity contribution is 0.262. The lowest BCUT2D eigenvalue weighted by Crippen LogP contribution is -1.94. The van der Waals surface area contributed by atoms with Crippen LogP contribution < -0.4 is 0 Å². The van der Waals surface area contributed by atoms with Gasteiger partial charge in [-0.2, -0.15) is 0 Å². The molecule has 0 unspecified atom stereocenters. The second-order valence-electron chi connectivity index (χ2n) is 3.43. The molecule has 1 aromatic carbocycles. The van der Waals surface area contributed by atoms with E-state index >= 15 is 0 Å². The highest BCUT2D eigenvalue weighted by Crippen LogP contribution is 2.07. The Kier molecular flexibility index (Phi) is 3.71. The Labute approximate surface area is 79.7 Å². The molecule has 1 heteroatoms. The molecule has 0 heterocycles. The van der Waals surface area contributed by atoms with Gasteiger partial charge in [-0.05, 0) is 18.4 Å². The highest BCUT2D eigenvalue weighted by atomic mass is 16.3. The Hall–Kier alpha value is -1.08. The molecule has 0 aromatic heterocycles. The summed E-state index contributed by atoms with van der Waals surface area (Å²) >= 11 is 0. The quantitative estimate of drug-likeness (QED) is 0.750. The first-order valence-electron chi connectivity index (χ1n) is 4.58. The molecular formula is C12H16O. The molecule has 1 aromatic rings. The van der Waals surface area contributed by atoms with E-state index in [0.29, 0.717) is 0 Å². The molecule has 70 valence electrons. The van der Waals surface area contributed by atoms with Crippen molar-refractivity contribution in [3.63, 3.8) is 0 Å². The molecular weight excluding hydrogens is 160 g/mol. The molecule has 0 saturated heterocycles. The molecule has 1 rings (SSSR count). The van der Waals surface area contributed by atoms with Gasteiger partial charge in [-0.15, -0.1) is 0 Å². The molecule has 0 bridgehead atoms. The molecule has 1 nitrogen and oxygen atoms in total. The van der Waals surface area contributed by atoms with E-state index in [9.17, 15) is 0 Å². The Morgan fingerprint density at radius 3 is 2.85 bits per heavy atom. The summed E-state index contributed by atoms with van der Waals surface area (Å²) in [6.07, 6.45) is 4.07. The van der Waals surface area contributed by atoms with E-state index in [1.165, 1.54) is 11.1 Å². The summed E-state index contributed by atoms with van der Waals surface area (Å²) in [6.45, 7) is 4.28. The number of aliphatic hydroxyl groups is 1. The molecule has 0 fully saturated rings. The Morgan fingerprint density at radius 2 is 2.23 bits per heavy atom. The minimum absolute atomic E-state index is 0.211. The van der Waals surface area contributed by atoms with Crippen molar-refractivity contribution >= 4 is 6.08 Å². The van der Waals surface area contributed by atoms with Crippen LogP contribution in [0, 0.1) is 12.8 Å². The Morgan fingerprint density at radius 1 is 1.46 bits per heavy atom. The van der Waals surface area contributed by atoms with Gasteiger partial charge in [0.1, 0.15) is 0 Å². The van der Waals surface area contributed by atoms with Crippen molar-refractivity contribution in [3.05, 3.63) is 41.5 Å². The normalized spacial score (nSPS) is 13.5. The highest BCUT2D eigenvalue weighted by Gasteiger charge is 1.92. The van der Waals surface area contributed by atoms with Gasteiger partial charge in [0.15, 0.2) is 0 Å². The lowest BCUT2D eigenvalue weighted by Gasteiger charge is -1.99. The van der Waals surface area contributed by atoms with Gasteiger partial charge >= 0.3 is 0 Å². The number of aliphatic hydroxyl groups excluding tert-OH is 1. The minimum atomic E-state index is 0.211. The molecule has 1 N–H and O–H groups in total. The number of hydrogen-bond acceptors (Lipinski definition) is 1. The zero-order valence-corrected chi connectivity index (χ0v) is 8.20. The number of hydrogen-bond donors (Lipinski definition) is 1. The fourth-order valence-electron chi connectivity index (χ4n) is 1.11. The van der Waals surface area contributed by atoms with Gasteiger partial charge in [0.25, 0.3) is 0 Å². The van der Waals surface area contributed by atoms with Crippen molar-refractivity contribution in [2.45, 2.75) is 13.8 Å². The van der Waals surface area contributed by atoms with Crippen LogP contribution in [0.2, 0.25) is 0 Å². The van der Waals surface area contributed by atoms with Crippen molar-refractivity contribution in [3.8, 4) is 0 Å². The van der Waals surface area contributed by atoms with Crippen LogP contribution in [-0.4, -0.2) is 11.7 Å². The third-order valence-electron chi connectivity index (χ3n) is 1.95. The molecule has 0 aliphatic carbocycles. The topological polar surface area (TPSA) is 20.2 Å². The molecule has 0 aliphatic heterocycles. The van der Waals surface area contributed by atoms with Crippen LogP contribution >= 0.6 is 0 Å². The first-order chi connectivity index (χ1) is 6.22. The molecule has 0 radical (unpaired) electrons. The maximum atomic E-state index is 8.82. The van der Waals surface area contributed by atoms with Crippen molar-refractivity contribution < 1.29 is 5.11 Å². The van der Waals surface area contributed by atoms with E-state index in [4.69, 9.17) is 5.11 Å². The summed E-state index contributed by atoms with van der Waals surface area (Å²) in [5.74, 6) is 0.237. The van der Waals surface area contributed by atoms with Crippen LogP contribution in [0.4, 0.5) is 0 Å². The first-order valence-corrected chi connectivity index (χ1v) is 4.58. The number of benzene rings is 1. The second-order valence-corrected chi connectivity index (χ2v) is 3.43.